The van der Waals surface area contributed by atoms with Crippen molar-refractivity contribution in [1.29, 1.82) is 0 Å². The zero-order chi connectivity index (χ0) is 24.4. The highest BCUT2D eigenvalue weighted by Crippen LogP contribution is 2.28. The van der Waals surface area contributed by atoms with E-state index < -0.39 is 0 Å². The van der Waals surface area contributed by atoms with Crippen LogP contribution < -0.4 is 0 Å². The van der Waals surface area contributed by atoms with Gasteiger partial charge in [-0.1, -0.05) is 40.0 Å². The van der Waals surface area contributed by atoms with Crippen LogP contribution in [0.15, 0.2) is 72.4 Å². The summed E-state index contributed by atoms with van der Waals surface area (Å²) in [4.78, 5) is 19.8. The second-order valence-corrected chi connectivity index (χ2v) is 10.0. The summed E-state index contributed by atoms with van der Waals surface area (Å²) < 4.78 is 1.97. The molecule has 1 aromatic rings. The number of hydrogen-bond acceptors (Lipinski definition) is 3. The van der Waals surface area contributed by atoms with Crippen LogP contribution in [0.25, 0.3) is 0 Å². The molecule has 6 heteroatoms. The van der Waals surface area contributed by atoms with Crippen LogP contribution in [0.5, 0.6) is 0 Å². The molecule has 0 saturated carbocycles. The van der Waals surface area contributed by atoms with Crippen molar-refractivity contribution in [3.05, 3.63) is 83.6 Å². The van der Waals surface area contributed by atoms with Crippen LogP contribution >= 0.6 is 8.58 Å². The summed E-state index contributed by atoms with van der Waals surface area (Å²) in [6, 6.07) is 2.05. The molecule has 1 unspecified atom stereocenters. The Bertz CT molecular complexity index is 917. The van der Waals surface area contributed by atoms with E-state index >= 15 is 0 Å². The Kier molecular flexibility index (Phi) is 10.9. The van der Waals surface area contributed by atoms with Crippen molar-refractivity contribution in [3.63, 3.8) is 0 Å². The summed E-state index contributed by atoms with van der Waals surface area (Å²) in [5.74, 6) is 0.114. The maximum absolute atomic E-state index is 13.2. The first kappa shape index (κ1) is 26.9. The molecule has 1 aliphatic rings. The predicted molar refractivity (Wildman–Crippen MR) is 144 cm³/mol. The molecule has 2 heterocycles. The highest BCUT2D eigenvalue weighted by Gasteiger charge is 2.24. The summed E-state index contributed by atoms with van der Waals surface area (Å²) in [6.45, 7) is 19.2. The molecule has 5 nitrogen and oxygen atoms in total. The lowest BCUT2D eigenvalue weighted by molar-refractivity contribution is 0.0663. The second kappa shape index (κ2) is 13.4. The molecule has 1 amide bonds. The van der Waals surface area contributed by atoms with Gasteiger partial charge in [0.15, 0.2) is 0 Å². The first-order valence-corrected chi connectivity index (χ1v) is 12.9. The van der Waals surface area contributed by atoms with Crippen LogP contribution in [0.2, 0.25) is 0 Å². The summed E-state index contributed by atoms with van der Waals surface area (Å²) in [5, 5.41) is 1.25. The third-order valence-electron chi connectivity index (χ3n) is 6.07. The Morgan fingerprint density at radius 2 is 1.88 bits per heavy atom. The summed E-state index contributed by atoms with van der Waals surface area (Å²) in [7, 11) is 4.86. The van der Waals surface area contributed by atoms with Gasteiger partial charge in [0.2, 0.25) is 0 Å². The zero-order valence-electron chi connectivity index (χ0n) is 21.1. The fraction of sp³-hybridized carbons (Fsp3) is 0.444. The minimum atomic E-state index is 0.114. The molecule has 2 rings (SSSR count). The molecule has 1 saturated heterocycles. The molecule has 1 fully saturated rings. The Balaban J connectivity index is 1.90. The number of nitrogens with zero attached hydrogens (tertiary/aromatic N) is 4. The van der Waals surface area contributed by atoms with E-state index in [1.54, 1.807) is 0 Å². The molecule has 1 aromatic heterocycles. The summed E-state index contributed by atoms with van der Waals surface area (Å²) >= 11 is 0. The van der Waals surface area contributed by atoms with Gasteiger partial charge in [0.05, 0.1) is 0 Å². The molecule has 1 aliphatic heterocycles. The van der Waals surface area contributed by atoms with E-state index in [9.17, 15) is 4.79 Å². The van der Waals surface area contributed by atoms with Crippen molar-refractivity contribution < 1.29 is 4.79 Å². The van der Waals surface area contributed by atoms with Gasteiger partial charge in [0.25, 0.3) is 5.91 Å². The van der Waals surface area contributed by atoms with Crippen molar-refractivity contribution in [2.75, 3.05) is 45.9 Å². The number of carbonyl (C=O) groups excluding carboxylic acids is 1. The van der Waals surface area contributed by atoms with Crippen LogP contribution in [-0.2, 0) is 13.6 Å². The van der Waals surface area contributed by atoms with Crippen LogP contribution in [-0.4, -0.2) is 71.1 Å². The predicted octanol–water partition coefficient (Wildman–Crippen LogP) is 5.02. The first-order chi connectivity index (χ1) is 15.8. The largest absolute Gasteiger partial charge is 0.368 e. The highest BCUT2D eigenvalue weighted by atomic mass is 31.1. The Labute approximate surface area is 202 Å². The van der Waals surface area contributed by atoms with Gasteiger partial charge < -0.3 is 19.3 Å². The molecule has 0 bridgehead atoms. The molecule has 0 aromatic carbocycles. The Morgan fingerprint density at radius 1 is 1.21 bits per heavy atom. The van der Waals surface area contributed by atoms with Crippen LogP contribution in [0.3, 0.4) is 0 Å². The maximum atomic E-state index is 13.2. The minimum Gasteiger partial charge on any atom is -0.368 e. The first-order valence-electron chi connectivity index (χ1n) is 11.7. The molecular formula is C27H41N4OP. The number of hydrogen-bond donors (Lipinski definition) is 0. The van der Waals surface area contributed by atoms with Crippen molar-refractivity contribution >= 4 is 14.5 Å². The molecule has 33 heavy (non-hydrogen) atoms. The summed E-state index contributed by atoms with van der Waals surface area (Å²) in [5.41, 5.74) is 4.34. The van der Waals surface area contributed by atoms with Gasteiger partial charge in [0.1, 0.15) is 5.69 Å². The lowest BCUT2D eigenvalue weighted by atomic mass is 10.2. The fourth-order valence-electron chi connectivity index (χ4n) is 3.86. The quantitative estimate of drug-likeness (QED) is 0.338. The number of amides is 1. The third kappa shape index (κ3) is 7.87. The standard InChI is InChI=1S/C27H41N4OP/c1-8-11-12-25(10-3)30-13-15-31(16-14-30)27(32)26-19-24(21-29(26)7)20-28(6)17-18-33-23(5)22(4)9-2/h8-12,19,21,33H,3,5,13-18,20H2,1-2,4,6-7H3/b11-8-,22-9-,25-12+. The van der Waals surface area contributed by atoms with E-state index in [4.69, 9.17) is 0 Å². The van der Waals surface area contributed by atoms with Gasteiger partial charge in [-0.25, -0.2) is 0 Å². The number of piperazine rings is 1. The number of carbonyl (C=O) groups is 1. The molecular weight excluding hydrogens is 427 g/mol. The van der Waals surface area contributed by atoms with E-state index in [0.29, 0.717) is 0 Å². The highest BCUT2D eigenvalue weighted by molar-refractivity contribution is 7.43. The molecule has 180 valence electrons. The lowest BCUT2D eigenvalue weighted by Gasteiger charge is -2.36. The van der Waals surface area contributed by atoms with Crippen LogP contribution in [0, 0.1) is 0 Å². The van der Waals surface area contributed by atoms with E-state index in [0.717, 1.165) is 65.4 Å². The Hall–Kier alpha value is -2.36. The third-order valence-corrected chi connectivity index (χ3v) is 7.37. The van der Waals surface area contributed by atoms with Gasteiger partial charge in [-0.2, -0.15) is 0 Å². The molecule has 0 aliphatic carbocycles. The monoisotopic (exact) mass is 468 g/mol. The normalized spacial score (nSPS) is 15.9. The molecule has 0 N–H and O–H groups in total. The van der Waals surface area contributed by atoms with Crippen molar-refractivity contribution in [2.45, 2.75) is 27.3 Å². The molecule has 0 radical (unpaired) electrons. The van der Waals surface area contributed by atoms with E-state index in [1.807, 2.05) is 41.7 Å². The van der Waals surface area contributed by atoms with Gasteiger partial charge in [-0.3, -0.25) is 4.79 Å². The van der Waals surface area contributed by atoms with Crippen LogP contribution in [0.1, 0.15) is 36.8 Å². The lowest BCUT2D eigenvalue weighted by Crippen LogP contribution is -2.48. The molecule has 1 atom stereocenters. The van der Waals surface area contributed by atoms with E-state index in [2.05, 4.69) is 68.3 Å². The number of aryl methyl sites for hydroxylation is 1. The Morgan fingerprint density at radius 3 is 2.48 bits per heavy atom. The van der Waals surface area contributed by atoms with Crippen molar-refractivity contribution in [1.82, 2.24) is 19.3 Å². The van der Waals surface area contributed by atoms with Crippen molar-refractivity contribution in [2.24, 2.45) is 7.05 Å². The van der Waals surface area contributed by atoms with Gasteiger partial charge in [-0.05, 0) is 68.6 Å². The van der Waals surface area contributed by atoms with Crippen LogP contribution in [0.4, 0.5) is 0 Å². The summed E-state index contributed by atoms with van der Waals surface area (Å²) in [6.07, 6.45) is 13.3. The van der Waals surface area contributed by atoms with Crippen molar-refractivity contribution in [3.8, 4) is 0 Å². The SMILES string of the molecule is C=C/C(=C\C=C/C)N1CCN(C(=O)c2cc(CN(C)CCPC(=C)/C(C)=C\C)cn2C)CC1. The molecule has 0 spiro atoms. The van der Waals surface area contributed by atoms with Gasteiger partial charge >= 0.3 is 0 Å². The van der Waals surface area contributed by atoms with Gasteiger partial charge in [-0.15, -0.1) is 0 Å². The number of allylic oxidation sites excluding steroid dienone is 7. The average molecular weight is 469 g/mol. The number of aromatic nitrogens is 1. The zero-order valence-corrected chi connectivity index (χ0v) is 22.1. The van der Waals surface area contributed by atoms with E-state index in [-0.39, 0.29) is 5.91 Å². The smallest absolute Gasteiger partial charge is 0.270 e. The second-order valence-electron chi connectivity index (χ2n) is 8.56. The minimum absolute atomic E-state index is 0.114. The maximum Gasteiger partial charge on any atom is 0.270 e. The topological polar surface area (TPSA) is 31.7 Å². The number of rotatable bonds is 11. The van der Waals surface area contributed by atoms with E-state index in [1.165, 1.54) is 16.5 Å². The van der Waals surface area contributed by atoms with Gasteiger partial charge in [0, 0.05) is 58.2 Å². The average Bonchev–Trinajstić information content (AvgIpc) is 3.18. The fourth-order valence-corrected chi connectivity index (χ4v) is 5.08.